The monoisotopic (exact) mass is 344 g/mol. The average Bonchev–Trinajstić information content (AvgIpc) is 2.27. The second-order valence-electron chi connectivity index (χ2n) is 2.98. The van der Waals surface area contributed by atoms with Gasteiger partial charge in [0, 0.05) is 23.6 Å². The van der Waals surface area contributed by atoms with Crippen molar-refractivity contribution in [3.05, 3.63) is 22.7 Å². The molecule has 0 bridgehead atoms. The van der Waals surface area contributed by atoms with E-state index in [9.17, 15) is 8.42 Å². The van der Waals surface area contributed by atoms with E-state index in [0.29, 0.717) is 10.2 Å². The molecule has 0 atom stereocenters. The first-order chi connectivity index (χ1) is 7.51. The number of benzene rings is 1. The van der Waals surface area contributed by atoms with Gasteiger partial charge in [0.1, 0.15) is 5.75 Å². The third-order valence-corrected chi connectivity index (χ3v) is 4.32. The molecular formula is C9H14BrClN2O3S. The van der Waals surface area contributed by atoms with Gasteiger partial charge >= 0.3 is 0 Å². The standard InChI is InChI=1S/C9H13BrN2O3S.ClH/c1-15-7-2-3-8(10)9(6-7)16(13,14)12-5-4-11;/h2-3,6,12H,4-5,11H2,1H3;1H. The van der Waals surface area contributed by atoms with Crippen molar-refractivity contribution in [1.29, 1.82) is 0 Å². The van der Waals surface area contributed by atoms with Crippen LogP contribution in [0.5, 0.6) is 5.75 Å². The van der Waals surface area contributed by atoms with Crippen LogP contribution in [0.3, 0.4) is 0 Å². The van der Waals surface area contributed by atoms with Crippen molar-refractivity contribution >= 4 is 38.4 Å². The first kappa shape index (κ1) is 16.7. The quantitative estimate of drug-likeness (QED) is 0.838. The Labute approximate surface area is 115 Å². The smallest absolute Gasteiger partial charge is 0.241 e. The number of ether oxygens (including phenoxy) is 1. The normalized spacial score (nSPS) is 10.8. The predicted octanol–water partition coefficient (Wildman–Crippen LogP) is 1.12. The van der Waals surface area contributed by atoms with Gasteiger partial charge in [0.25, 0.3) is 0 Å². The van der Waals surface area contributed by atoms with Gasteiger partial charge in [-0.15, -0.1) is 12.4 Å². The van der Waals surface area contributed by atoms with Gasteiger partial charge in [-0.05, 0) is 28.1 Å². The Hall–Kier alpha value is -0.340. The van der Waals surface area contributed by atoms with Crippen LogP contribution >= 0.6 is 28.3 Å². The molecule has 0 aromatic heterocycles. The zero-order valence-electron chi connectivity index (χ0n) is 9.14. The lowest BCUT2D eigenvalue weighted by Crippen LogP contribution is -2.29. The Kier molecular flexibility index (Phi) is 7.03. The fourth-order valence-electron chi connectivity index (χ4n) is 1.09. The first-order valence-electron chi connectivity index (χ1n) is 4.54. The largest absolute Gasteiger partial charge is 0.497 e. The molecule has 0 fully saturated rings. The molecule has 0 aliphatic carbocycles. The lowest BCUT2D eigenvalue weighted by atomic mass is 10.3. The van der Waals surface area contributed by atoms with E-state index in [4.69, 9.17) is 10.5 Å². The topological polar surface area (TPSA) is 81.4 Å². The Morgan fingerprint density at radius 2 is 2.12 bits per heavy atom. The van der Waals surface area contributed by atoms with Crippen molar-refractivity contribution in [2.24, 2.45) is 5.73 Å². The molecule has 0 heterocycles. The van der Waals surface area contributed by atoms with Crippen LogP contribution in [0, 0.1) is 0 Å². The first-order valence-corrected chi connectivity index (χ1v) is 6.82. The van der Waals surface area contributed by atoms with Crippen molar-refractivity contribution < 1.29 is 13.2 Å². The molecule has 0 aliphatic heterocycles. The van der Waals surface area contributed by atoms with E-state index in [1.807, 2.05) is 0 Å². The molecule has 1 rings (SSSR count). The molecule has 8 heteroatoms. The van der Waals surface area contributed by atoms with Gasteiger partial charge in [-0.25, -0.2) is 13.1 Å². The minimum atomic E-state index is -3.54. The molecule has 1 aromatic rings. The Bertz CT molecular complexity index is 467. The molecule has 1 aromatic carbocycles. The molecule has 0 aliphatic rings. The van der Waals surface area contributed by atoms with Gasteiger partial charge in [0.2, 0.25) is 10.0 Å². The Balaban J connectivity index is 0.00000256. The zero-order valence-corrected chi connectivity index (χ0v) is 12.4. The number of hydrogen-bond donors (Lipinski definition) is 2. The number of nitrogens with one attached hydrogen (secondary N) is 1. The Morgan fingerprint density at radius 3 is 2.65 bits per heavy atom. The minimum absolute atomic E-state index is 0. The van der Waals surface area contributed by atoms with Gasteiger partial charge in [-0.1, -0.05) is 0 Å². The summed E-state index contributed by atoms with van der Waals surface area (Å²) in [6.07, 6.45) is 0. The van der Waals surface area contributed by atoms with E-state index >= 15 is 0 Å². The number of halogens is 2. The van der Waals surface area contributed by atoms with Gasteiger partial charge in [-0.3, -0.25) is 0 Å². The number of methoxy groups -OCH3 is 1. The van der Waals surface area contributed by atoms with Crippen molar-refractivity contribution in [2.45, 2.75) is 4.90 Å². The highest BCUT2D eigenvalue weighted by Crippen LogP contribution is 2.26. The molecule has 17 heavy (non-hydrogen) atoms. The van der Waals surface area contributed by atoms with Crippen LogP contribution in [0.1, 0.15) is 0 Å². The van der Waals surface area contributed by atoms with Crippen molar-refractivity contribution in [3.8, 4) is 5.75 Å². The molecule has 0 spiro atoms. The summed E-state index contributed by atoms with van der Waals surface area (Å²) in [6, 6.07) is 4.74. The zero-order chi connectivity index (χ0) is 12.2. The minimum Gasteiger partial charge on any atom is -0.497 e. The predicted molar refractivity (Wildman–Crippen MR) is 72.2 cm³/mol. The summed E-state index contributed by atoms with van der Waals surface area (Å²) < 4.78 is 31.5. The fourth-order valence-corrected chi connectivity index (χ4v) is 3.11. The van der Waals surface area contributed by atoms with E-state index in [1.54, 1.807) is 12.1 Å². The number of rotatable bonds is 5. The molecule has 0 amide bonds. The summed E-state index contributed by atoms with van der Waals surface area (Å²) in [5.41, 5.74) is 5.24. The summed E-state index contributed by atoms with van der Waals surface area (Å²) in [5, 5.41) is 0. The van der Waals surface area contributed by atoms with Crippen molar-refractivity contribution in [1.82, 2.24) is 4.72 Å². The van der Waals surface area contributed by atoms with E-state index < -0.39 is 10.0 Å². The molecule has 3 N–H and O–H groups in total. The van der Waals surface area contributed by atoms with E-state index in [1.165, 1.54) is 13.2 Å². The highest BCUT2D eigenvalue weighted by molar-refractivity contribution is 9.10. The maximum Gasteiger partial charge on any atom is 0.241 e. The van der Waals surface area contributed by atoms with Crippen LogP contribution in [0.15, 0.2) is 27.6 Å². The van der Waals surface area contributed by atoms with Crippen molar-refractivity contribution in [3.63, 3.8) is 0 Å². The number of sulfonamides is 1. The van der Waals surface area contributed by atoms with Gasteiger partial charge in [0.15, 0.2) is 0 Å². The maximum absolute atomic E-state index is 11.8. The maximum atomic E-state index is 11.8. The lowest BCUT2D eigenvalue weighted by molar-refractivity contribution is 0.413. The van der Waals surface area contributed by atoms with Crippen LogP contribution in [0.2, 0.25) is 0 Å². The summed E-state index contributed by atoms with van der Waals surface area (Å²) >= 11 is 3.18. The molecule has 0 unspecified atom stereocenters. The second-order valence-corrected chi connectivity index (χ2v) is 5.57. The summed E-state index contributed by atoms with van der Waals surface area (Å²) in [4.78, 5) is 0.139. The third-order valence-electron chi connectivity index (χ3n) is 1.86. The molecular weight excluding hydrogens is 332 g/mol. The van der Waals surface area contributed by atoms with Gasteiger partial charge in [-0.2, -0.15) is 0 Å². The summed E-state index contributed by atoms with van der Waals surface area (Å²) in [6.45, 7) is 0.451. The van der Waals surface area contributed by atoms with Crippen molar-refractivity contribution in [2.75, 3.05) is 20.2 Å². The summed E-state index contributed by atoms with van der Waals surface area (Å²) in [7, 11) is -2.06. The molecule has 5 nitrogen and oxygen atoms in total. The van der Waals surface area contributed by atoms with Crippen LogP contribution in [-0.2, 0) is 10.0 Å². The Morgan fingerprint density at radius 1 is 1.47 bits per heavy atom. The highest BCUT2D eigenvalue weighted by atomic mass is 79.9. The molecule has 0 saturated heterocycles. The third kappa shape index (κ3) is 4.44. The van der Waals surface area contributed by atoms with Crippen LogP contribution in [0.25, 0.3) is 0 Å². The fraction of sp³-hybridized carbons (Fsp3) is 0.333. The SMILES string of the molecule is COc1ccc(Br)c(S(=O)(=O)NCCN)c1.Cl. The van der Waals surface area contributed by atoms with Crippen LogP contribution in [0.4, 0.5) is 0 Å². The van der Waals surface area contributed by atoms with E-state index in [0.717, 1.165) is 0 Å². The molecule has 0 radical (unpaired) electrons. The van der Waals surface area contributed by atoms with Gasteiger partial charge in [0.05, 0.1) is 12.0 Å². The molecule has 0 saturated carbocycles. The molecule has 98 valence electrons. The number of nitrogens with two attached hydrogens (primary N) is 1. The number of hydrogen-bond acceptors (Lipinski definition) is 4. The van der Waals surface area contributed by atoms with Crippen LogP contribution < -0.4 is 15.2 Å². The van der Waals surface area contributed by atoms with Gasteiger partial charge < -0.3 is 10.5 Å². The average molecular weight is 346 g/mol. The summed E-state index contributed by atoms with van der Waals surface area (Å²) in [5.74, 6) is 0.483. The van der Waals surface area contributed by atoms with E-state index in [-0.39, 0.29) is 30.4 Å². The highest BCUT2D eigenvalue weighted by Gasteiger charge is 2.17. The van der Waals surface area contributed by atoms with Crippen LogP contribution in [-0.4, -0.2) is 28.6 Å². The lowest BCUT2D eigenvalue weighted by Gasteiger charge is -2.09. The van der Waals surface area contributed by atoms with E-state index in [2.05, 4.69) is 20.7 Å². The second kappa shape index (κ2) is 7.17.